The number of carbonyl (C=O) groups excluding carboxylic acids is 8. The molecule has 0 heterocycles. The van der Waals surface area contributed by atoms with E-state index in [-0.39, 0.29) is 101 Å². The van der Waals surface area contributed by atoms with Gasteiger partial charge < -0.3 is 87.2 Å². The molecule has 0 aliphatic heterocycles. The molecule has 0 saturated heterocycles. The molecule has 0 radical (unpaired) electrons. The average Bonchev–Trinajstić information content (AvgIpc) is 3.20. The van der Waals surface area contributed by atoms with Gasteiger partial charge in [0.2, 0.25) is 47.3 Å². The molecule has 0 aliphatic carbocycles. The van der Waals surface area contributed by atoms with Gasteiger partial charge in [-0.2, -0.15) is 12.6 Å². The maximum atomic E-state index is 14.0. The van der Waals surface area contributed by atoms with E-state index in [0.717, 1.165) is 0 Å². The van der Waals surface area contributed by atoms with Crippen LogP contribution in [-0.2, 0) is 38.4 Å². The van der Waals surface area contributed by atoms with Gasteiger partial charge in [-0.15, -0.1) is 0 Å². The highest BCUT2D eigenvalue weighted by atomic mass is 32.1. The molecule has 0 aromatic carbocycles. The van der Waals surface area contributed by atoms with Gasteiger partial charge in [0, 0.05) is 38.9 Å². The van der Waals surface area contributed by atoms with Gasteiger partial charge in [-0.3, -0.25) is 60.0 Å². The second-order valence-corrected chi connectivity index (χ2v) is 14.8. The minimum Gasteiger partial charge on any atom is -0.370 e. The largest absolute Gasteiger partial charge is 0.370 e. The molecule has 0 bridgehead atoms. The number of guanidine groups is 4. The summed E-state index contributed by atoms with van der Waals surface area (Å²) in [7, 11) is 0. The minimum absolute atomic E-state index is 0.0516. The highest BCUT2D eigenvalue weighted by Gasteiger charge is 2.32. The fraction of sp³-hybridized carbons (Fsp3) is 0.657. The molecule has 7 atom stereocenters. The molecule has 29 heteroatoms. The summed E-state index contributed by atoms with van der Waals surface area (Å²) >= 11 is 4.06. The van der Waals surface area contributed by atoms with E-state index in [1.807, 2.05) is 0 Å². The third kappa shape index (κ3) is 25.8. The fourth-order valence-corrected chi connectivity index (χ4v) is 5.80. The van der Waals surface area contributed by atoms with Crippen molar-refractivity contribution >= 4 is 83.7 Å². The smallest absolute Gasteiger partial charge is 0.244 e. The lowest BCUT2D eigenvalue weighted by Gasteiger charge is -2.27. The molecule has 25 N–H and O–H groups in total. The summed E-state index contributed by atoms with van der Waals surface area (Å²) in [6, 6.07) is -8.70. The van der Waals surface area contributed by atoms with Crippen LogP contribution < -0.4 is 87.2 Å². The predicted molar refractivity (Wildman–Crippen MR) is 240 cm³/mol. The van der Waals surface area contributed by atoms with Gasteiger partial charge in [0.1, 0.15) is 42.3 Å². The van der Waals surface area contributed by atoms with Crippen molar-refractivity contribution in [1.29, 1.82) is 21.6 Å². The van der Waals surface area contributed by atoms with Crippen molar-refractivity contribution in [1.82, 2.24) is 58.5 Å². The van der Waals surface area contributed by atoms with Crippen LogP contribution in [0.2, 0.25) is 0 Å². The van der Waals surface area contributed by atoms with Crippen molar-refractivity contribution in [2.45, 2.75) is 114 Å². The SMILES string of the molecule is CC(=O)NC(CS)C(=O)NC(C)C(=O)NC(CCCNC(=N)N)C(=O)NC(CCCNC(=N)N)C(=O)NC(CCCNC(=N)N)C(=O)NC(C)C(=O)NC(CCCNC(=N)N)C(N)=O. The molecule has 28 nitrogen and oxygen atoms in total. The number of thiol groups is 1. The summed E-state index contributed by atoms with van der Waals surface area (Å²) in [5, 5.41) is 57.4. The first-order valence-electron chi connectivity index (χ1n) is 20.3. The lowest BCUT2D eigenvalue weighted by Crippen LogP contribution is -2.59. The maximum absolute atomic E-state index is 14.0. The van der Waals surface area contributed by atoms with Crippen LogP contribution in [0.15, 0.2) is 0 Å². The Kier molecular flexibility index (Phi) is 27.8. The molecule has 0 aromatic rings. The van der Waals surface area contributed by atoms with E-state index in [0.29, 0.717) is 6.42 Å². The topological polar surface area (TPSA) is 494 Å². The Balaban J connectivity index is 6.42. The van der Waals surface area contributed by atoms with Crippen molar-refractivity contribution in [3.05, 3.63) is 0 Å². The normalized spacial score (nSPS) is 13.8. The number of hydrogen-bond donors (Lipinski definition) is 21. The number of nitrogens with one attached hydrogen (secondary N) is 15. The number of nitrogens with two attached hydrogens (primary N) is 5. The van der Waals surface area contributed by atoms with Crippen LogP contribution >= 0.6 is 12.6 Å². The first kappa shape index (κ1) is 57.2. The van der Waals surface area contributed by atoms with E-state index >= 15 is 0 Å². The summed E-state index contributed by atoms with van der Waals surface area (Å²) in [5.41, 5.74) is 26.9. The van der Waals surface area contributed by atoms with E-state index in [2.05, 4.69) is 71.1 Å². The number of hydrogen-bond acceptors (Lipinski definition) is 13. The van der Waals surface area contributed by atoms with Crippen LogP contribution in [0.25, 0.3) is 0 Å². The zero-order valence-electron chi connectivity index (χ0n) is 36.3. The summed E-state index contributed by atoms with van der Waals surface area (Å²) in [4.78, 5) is 104. The number of rotatable bonds is 31. The zero-order chi connectivity index (χ0) is 48.9. The Morgan fingerprint density at radius 2 is 0.688 bits per heavy atom. The van der Waals surface area contributed by atoms with E-state index in [9.17, 15) is 38.4 Å². The molecular weight excluding hydrogens is 861 g/mol. The van der Waals surface area contributed by atoms with Crippen LogP contribution in [0.5, 0.6) is 0 Å². The molecule has 7 unspecified atom stereocenters. The molecule has 0 spiro atoms. The summed E-state index contributed by atoms with van der Waals surface area (Å²) in [6.07, 6.45) is 0.708. The quantitative estimate of drug-likeness (QED) is 0.0133. The molecule has 0 saturated carbocycles. The number of amides is 8. The highest BCUT2D eigenvalue weighted by Crippen LogP contribution is 2.07. The van der Waals surface area contributed by atoms with Crippen molar-refractivity contribution in [3.63, 3.8) is 0 Å². The van der Waals surface area contributed by atoms with Crippen molar-refractivity contribution < 1.29 is 38.4 Å². The lowest BCUT2D eigenvalue weighted by atomic mass is 10.0. The monoisotopic (exact) mass is 929 g/mol. The van der Waals surface area contributed by atoms with E-state index in [1.165, 1.54) is 20.8 Å². The third-order valence-corrected chi connectivity index (χ3v) is 9.24. The van der Waals surface area contributed by atoms with Gasteiger partial charge in [-0.05, 0) is 65.2 Å². The van der Waals surface area contributed by atoms with E-state index < -0.39 is 89.6 Å². The van der Waals surface area contributed by atoms with Gasteiger partial charge in [0.25, 0.3) is 0 Å². The molecule has 0 rings (SSSR count). The van der Waals surface area contributed by atoms with Crippen molar-refractivity contribution in [3.8, 4) is 0 Å². The summed E-state index contributed by atoms with van der Waals surface area (Å²) in [5.74, 6) is -7.59. The van der Waals surface area contributed by atoms with Gasteiger partial charge in [0.05, 0.1) is 0 Å². The second-order valence-electron chi connectivity index (χ2n) is 14.5. The van der Waals surface area contributed by atoms with Gasteiger partial charge in [-0.1, -0.05) is 0 Å². The Bertz CT molecular complexity index is 1650. The van der Waals surface area contributed by atoms with Crippen LogP contribution in [-0.4, -0.2) is 145 Å². The van der Waals surface area contributed by atoms with E-state index in [1.54, 1.807) is 0 Å². The average molecular weight is 929 g/mol. The third-order valence-electron chi connectivity index (χ3n) is 8.88. The Hall–Kier alpha value is -6.81. The van der Waals surface area contributed by atoms with Gasteiger partial charge in [0.15, 0.2) is 23.8 Å². The predicted octanol–water partition coefficient (Wildman–Crippen LogP) is -7.09. The standard InChI is InChI=1S/C35H68N20O8S/c1-17(26(58)52-20(25(36)57)8-4-12-45-32(37)38)49-28(60)21(9-5-13-46-33(39)40)54-30(62)23(11-7-15-48-35(43)44)55-29(61)22(10-6-14-47-34(41)42)53-27(59)18(2)50-31(63)24(16-64)51-19(3)56/h17-18,20-24,64H,4-16H2,1-3H3,(H2,36,57)(H,49,60)(H,50,63)(H,51,56)(H,52,58)(H,53,59)(H,54,62)(H,55,61)(H4,37,38,45)(H4,39,40,46)(H4,41,42,47)(H4,43,44,48). The lowest BCUT2D eigenvalue weighted by molar-refractivity contribution is -0.135. The second kappa shape index (κ2) is 31.1. The fourth-order valence-electron chi connectivity index (χ4n) is 5.55. The van der Waals surface area contributed by atoms with Crippen LogP contribution in [0.1, 0.15) is 72.1 Å². The number of primary amides is 1. The maximum Gasteiger partial charge on any atom is 0.244 e. The summed E-state index contributed by atoms with van der Waals surface area (Å²) < 4.78 is 0. The Morgan fingerprint density at radius 3 is 0.969 bits per heavy atom. The molecule has 0 aliphatic rings. The number of carbonyl (C=O) groups is 8. The Morgan fingerprint density at radius 1 is 0.422 bits per heavy atom. The molecule has 0 fully saturated rings. The van der Waals surface area contributed by atoms with Crippen LogP contribution in [0.3, 0.4) is 0 Å². The summed E-state index contributed by atoms with van der Waals surface area (Å²) in [6.45, 7) is 4.43. The van der Waals surface area contributed by atoms with Gasteiger partial charge in [-0.25, -0.2) is 0 Å². The van der Waals surface area contributed by atoms with E-state index in [4.69, 9.17) is 50.3 Å². The van der Waals surface area contributed by atoms with Gasteiger partial charge >= 0.3 is 0 Å². The molecular formula is C35H68N20O8S. The van der Waals surface area contributed by atoms with Crippen molar-refractivity contribution in [2.75, 3.05) is 31.9 Å². The van der Waals surface area contributed by atoms with Crippen LogP contribution in [0.4, 0.5) is 0 Å². The molecule has 64 heavy (non-hydrogen) atoms. The minimum atomic E-state index is -1.37. The highest BCUT2D eigenvalue weighted by molar-refractivity contribution is 7.80. The first-order valence-corrected chi connectivity index (χ1v) is 20.9. The van der Waals surface area contributed by atoms with Crippen molar-refractivity contribution in [2.24, 2.45) is 28.7 Å². The molecule has 0 aromatic heterocycles. The first-order chi connectivity index (χ1) is 30.0. The molecule has 362 valence electrons. The zero-order valence-corrected chi connectivity index (χ0v) is 37.2. The Labute approximate surface area is 376 Å². The molecule has 8 amide bonds. The van der Waals surface area contributed by atoms with Crippen LogP contribution in [0, 0.1) is 21.6 Å².